The minimum absolute atomic E-state index is 0.0266. The summed E-state index contributed by atoms with van der Waals surface area (Å²) in [6, 6.07) is 4.74. The molecule has 0 aromatic heterocycles. The van der Waals surface area contributed by atoms with Crippen LogP contribution < -0.4 is 15.4 Å². The number of rotatable bonds is 10. The number of nitro groups is 1. The number of benzene rings is 1. The van der Waals surface area contributed by atoms with Gasteiger partial charge < -0.3 is 20.5 Å². The van der Waals surface area contributed by atoms with Crippen molar-refractivity contribution in [2.75, 3.05) is 31.6 Å². The Morgan fingerprint density at radius 2 is 2.19 bits per heavy atom. The van der Waals surface area contributed by atoms with Crippen LogP contribution in [0, 0.1) is 10.1 Å². The Bertz CT molecular complexity index is 452. The zero-order chi connectivity index (χ0) is 15.7. The molecule has 1 aromatic rings. The van der Waals surface area contributed by atoms with Gasteiger partial charge in [0.05, 0.1) is 17.6 Å². The van der Waals surface area contributed by atoms with Gasteiger partial charge in [-0.2, -0.15) is 0 Å². The monoisotopic (exact) mass is 297 g/mol. The molecule has 0 bridgehead atoms. The first-order chi connectivity index (χ1) is 10.0. The predicted molar refractivity (Wildman–Crippen MR) is 81.9 cm³/mol. The number of hydrogen-bond donors (Lipinski definition) is 3. The van der Waals surface area contributed by atoms with Gasteiger partial charge in [0, 0.05) is 37.5 Å². The van der Waals surface area contributed by atoms with E-state index in [9.17, 15) is 10.1 Å². The number of aliphatic hydroxyl groups is 1. The molecule has 3 N–H and O–H groups in total. The SMILES string of the molecule is CCCOc1cc(NCCNCC(C)O)ccc1[N+](=O)[O-]. The molecule has 1 rings (SSSR count). The van der Waals surface area contributed by atoms with Gasteiger partial charge >= 0.3 is 5.69 Å². The summed E-state index contributed by atoms with van der Waals surface area (Å²) in [6.45, 7) is 5.98. The van der Waals surface area contributed by atoms with Gasteiger partial charge in [-0.3, -0.25) is 10.1 Å². The molecule has 0 fully saturated rings. The highest BCUT2D eigenvalue weighted by atomic mass is 16.6. The van der Waals surface area contributed by atoms with Crippen molar-refractivity contribution in [1.82, 2.24) is 5.32 Å². The number of ether oxygens (including phenoxy) is 1. The first-order valence-electron chi connectivity index (χ1n) is 7.08. The highest BCUT2D eigenvalue weighted by Crippen LogP contribution is 2.30. The normalized spacial score (nSPS) is 12.0. The van der Waals surface area contributed by atoms with Gasteiger partial charge in [0.1, 0.15) is 0 Å². The number of nitro benzene ring substituents is 1. The van der Waals surface area contributed by atoms with Crippen molar-refractivity contribution in [3.8, 4) is 5.75 Å². The summed E-state index contributed by atoms with van der Waals surface area (Å²) in [4.78, 5) is 10.5. The van der Waals surface area contributed by atoms with Crippen LogP contribution in [0.5, 0.6) is 5.75 Å². The molecule has 0 saturated carbocycles. The Kier molecular flexibility index (Phi) is 7.49. The number of aliphatic hydroxyl groups excluding tert-OH is 1. The third-order valence-electron chi connectivity index (χ3n) is 2.69. The van der Waals surface area contributed by atoms with Crippen molar-refractivity contribution < 1.29 is 14.8 Å². The van der Waals surface area contributed by atoms with Crippen molar-refractivity contribution in [1.29, 1.82) is 0 Å². The van der Waals surface area contributed by atoms with E-state index in [1.165, 1.54) is 6.07 Å². The van der Waals surface area contributed by atoms with Crippen molar-refractivity contribution in [3.05, 3.63) is 28.3 Å². The van der Waals surface area contributed by atoms with Gasteiger partial charge in [0.15, 0.2) is 5.75 Å². The molecular formula is C14H23N3O4. The topological polar surface area (TPSA) is 96.7 Å². The maximum atomic E-state index is 10.9. The van der Waals surface area contributed by atoms with Gasteiger partial charge in [-0.15, -0.1) is 0 Å². The van der Waals surface area contributed by atoms with Crippen molar-refractivity contribution in [2.24, 2.45) is 0 Å². The Hall–Kier alpha value is -1.86. The molecule has 1 unspecified atom stereocenters. The van der Waals surface area contributed by atoms with E-state index >= 15 is 0 Å². The largest absolute Gasteiger partial charge is 0.487 e. The van der Waals surface area contributed by atoms with E-state index < -0.39 is 4.92 Å². The van der Waals surface area contributed by atoms with Crippen molar-refractivity contribution in [3.63, 3.8) is 0 Å². The Morgan fingerprint density at radius 3 is 2.81 bits per heavy atom. The van der Waals surface area contributed by atoms with Crippen LogP contribution in [0.1, 0.15) is 20.3 Å². The van der Waals surface area contributed by atoms with Gasteiger partial charge in [0.25, 0.3) is 0 Å². The van der Waals surface area contributed by atoms with Gasteiger partial charge in [-0.25, -0.2) is 0 Å². The lowest BCUT2D eigenvalue weighted by Crippen LogP contribution is -2.28. The van der Waals surface area contributed by atoms with Crippen LogP contribution in [0.3, 0.4) is 0 Å². The summed E-state index contributed by atoms with van der Waals surface area (Å²) in [7, 11) is 0. The average Bonchev–Trinajstić information content (AvgIpc) is 2.44. The van der Waals surface area contributed by atoms with Crippen LogP contribution in [0.4, 0.5) is 11.4 Å². The van der Waals surface area contributed by atoms with Crippen LogP contribution in [0.25, 0.3) is 0 Å². The summed E-state index contributed by atoms with van der Waals surface area (Å²) in [5.74, 6) is 0.281. The smallest absolute Gasteiger partial charge is 0.311 e. The second-order valence-electron chi connectivity index (χ2n) is 4.77. The molecule has 0 aliphatic heterocycles. The lowest BCUT2D eigenvalue weighted by molar-refractivity contribution is -0.385. The first kappa shape index (κ1) is 17.2. The Morgan fingerprint density at radius 1 is 1.43 bits per heavy atom. The quantitative estimate of drug-likeness (QED) is 0.346. The lowest BCUT2D eigenvalue weighted by atomic mass is 10.2. The standard InChI is InChI=1S/C14H23N3O4/c1-3-8-21-14-9-12(4-5-13(14)17(19)20)16-7-6-15-10-11(2)18/h4-5,9,11,15-16,18H,3,6-8,10H2,1-2H3. The van der Waals surface area contributed by atoms with E-state index in [0.29, 0.717) is 26.2 Å². The molecule has 21 heavy (non-hydrogen) atoms. The third-order valence-corrected chi connectivity index (χ3v) is 2.69. The number of anilines is 1. The van der Waals surface area contributed by atoms with E-state index in [4.69, 9.17) is 9.84 Å². The fourth-order valence-electron chi connectivity index (χ4n) is 1.71. The Balaban J connectivity index is 2.56. The summed E-state index contributed by atoms with van der Waals surface area (Å²) < 4.78 is 5.42. The maximum absolute atomic E-state index is 10.9. The fourth-order valence-corrected chi connectivity index (χ4v) is 1.71. The molecule has 0 amide bonds. The van der Waals surface area contributed by atoms with Crippen LogP contribution in [-0.4, -0.2) is 42.4 Å². The Labute approximate surface area is 124 Å². The molecule has 1 aromatic carbocycles. The molecule has 0 aliphatic rings. The van der Waals surface area contributed by atoms with Crippen LogP contribution >= 0.6 is 0 Å². The molecule has 0 heterocycles. The van der Waals surface area contributed by atoms with Crippen LogP contribution in [-0.2, 0) is 0 Å². The number of nitrogens with zero attached hydrogens (tertiary/aromatic N) is 1. The van der Waals surface area contributed by atoms with Crippen molar-refractivity contribution >= 4 is 11.4 Å². The molecular weight excluding hydrogens is 274 g/mol. The van der Waals surface area contributed by atoms with E-state index in [2.05, 4.69) is 10.6 Å². The lowest BCUT2D eigenvalue weighted by Gasteiger charge is -2.11. The summed E-state index contributed by atoms with van der Waals surface area (Å²) in [6.07, 6.45) is 0.413. The summed E-state index contributed by atoms with van der Waals surface area (Å²) >= 11 is 0. The molecule has 0 radical (unpaired) electrons. The van der Waals surface area contributed by atoms with Crippen LogP contribution in [0.2, 0.25) is 0 Å². The molecule has 7 heteroatoms. The zero-order valence-corrected chi connectivity index (χ0v) is 12.5. The van der Waals surface area contributed by atoms with E-state index in [-0.39, 0.29) is 17.5 Å². The zero-order valence-electron chi connectivity index (χ0n) is 12.5. The highest BCUT2D eigenvalue weighted by molar-refractivity contribution is 5.58. The average molecular weight is 297 g/mol. The molecule has 118 valence electrons. The second kappa shape index (κ2) is 9.15. The van der Waals surface area contributed by atoms with Crippen LogP contribution in [0.15, 0.2) is 18.2 Å². The number of nitrogens with one attached hydrogen (secondary N) is 2. The molecule has 0 saturated heterocycles. The summed E-state index contributed by atoms with van der Waals surface area (Å²) in [5.41, 5.74) is 0.742. The number of hydrogen-bond acceptors (Lipinski definition) is 6. The minimum atomic E-state index is -0.445. The third kappa shape index (κ3) is 6.42. The first-order valence-corrected chi connectivity index (χ1v) is 7.08. The van der Waals surface area contributed by atoms with E-state index in [1.807, 2.05) is 6.92 Å². The minimum Gasteiger partial charge on any atom is -0.487 e. The van der Waals surface area contributed by atoms with Gasteiger partial charge in [-0.05, 0) is 19.4 Å². The van der Waals surface area contributed by atoms with Gasteiger partial charge in [0.2, 0.25) is 0 Å². The fraction of sp³-hybridized carbons (Fsp3) is 0.571. The van der Waals surface area contributed by atoms with E-state index in [0.717, 1.165) is 12.1 Å². The van der Waals surface area contributed by atoms with Gasteiger partial charge in [-0.1, -0.05) is 6.92 Å². The molecule has 0 aliphatic carbocycles. The molecule has 1 atom stereocenters. The van der Waals surface area contributed by atoms with E-state index in [1.54, 1.807) is 19.1 Å². The van der Waals surface area contributed by atoms with Crippen molar-refractivity contribution in [2.45, 2.75) is 26.4 Å². The summed E-state index contributed by atoms with van der Waals surface area (Å²) in [5, 5.41) is 26.3. The molecule has 0 spiro atoms. The molecule has 7 nitrogen and oxygen atoms in total. The maximum Gasteiger partial charge on any atom is 0.311 e. The highest BCUT2D eigenvalue weighted by Gasteiger charge is 2.15. The predicted octanol–water partition coefficient (Wildman–Crippen LogP) is 1.77. The second-order valence-corrected chi connectivity index (χ2v) is 4.77.